The first-order valence-electron chi connectivity index (χ1n) is 7.93. The number of benzene rings is 2. The Bertz CT molecular complexity index is 799. The summed E-state index contributed by atoms with van der Waals surface area (Å²) in [4.78, 5) is 24.9. The summed E-state index contributed by atoms with van der Waals surface area (Å²) in [6.45, 7) is 3.81. The quantitative estimate of drug-likeness (QED) is 0.500. The number of rotatable bonds is 6. The lowest BCUT2D eigenvalue weighted by Gasteiger charge is -2.19. The molecule has 0 aliphatic carbocycles. The Kier molecular flexibility index (Phi) is 7.23. The van der Waals surface area contributed by atoms with Crippen LogP contribution in [0.1, 0.15) is 24.2 Å². The highest BCUT2D eigenvalue weighted by atomic mass is 79.9. The summed E-state index contributed by atoms with van der Waals surface area (Å²) in [6, 6.07) is 11.3. The largest absolute Gasteiger partial charge is 0.468 e. The van der Waals surface area contributed by atoms with Crippen LogP contribution >= 0.6 is 27.7 Å². The van der Waals surface area contributed by atoms with Gasteiger partial charge in [-0.3, -0.25) is 9.59 Å². The number of halogens is 2. The fourth-order valence-corrected chi connectivity index (χ4v) is 3.90. The van der Waals surface area contributed by atoms with Crippen LogP contribution in [0, 0.1) is 11.7 Å². The Hall–Kier alpha value is -1.86. The van der Waals surface area contributed by atoms with Crippen molar-refractivity contribution in [2.75, 3.05) is 12.4 Å². The van der Waals surface area contributed by atoms with Gasteiger partial charge < -0.3 is 10.1 Å². The van der Waals surface area contributed by atoms with Crippen molar-refractivity contribution in [1.82, 2.24) is 0 Å². The fourth-order valence-electron chi connectivity index (χ4n) is 2.21. The zero-order valence-electron chi connectivity index (χ0n) is 14.6. The number of amides is 1. The normalized spacial score (nSPS) is 11.9. The maximum atomic E-state index is 14.3. The van der Waals surface area contributed by atoms with Gasteiger partial charge in [0.15, 0.2) is 0 Å². The molecule has 1 amide bonds. The molecule has 1 N–H and O–H groups in total. The molecule has 0 aliphatic rings. The summed E-state index contributed by atoms with van der Waals surface area (Å²) in [7, 11) is 1.34. The minimum absolute atomic E-state index is 0.0202. The molecule has 2 aromatic carbocycles. The second-order valence-corrected chi connectivity index (χ2v) is 7.93. The van der Waals surface area contributed by atoms with E-state index >= 15 is 0 Å². The fraction of sp³-hybridized carbons (Fsp3) is 0.263. The molecule has 2 rings (SSSR count). The van der Waals surface area contributed by atoms with E-state index < -0.39 is 17.0 Å². The molecular weight excluding hydrogens is 421 g/mol. The summed E-state index contributed by atoms with van der Waals surface area (Å²) in [6.07, 6.45) is 0. The average molecular weight is 440 g/mol. The number of thioether (sulfide) groups is 1. The van der Waals surface area contributed by atoms with Crippen molar-refractivity contribution in [2.45, 2.75) is 24.0 Å². The Morgan fingerprint density at radius 1 is 1.19 bits per heavy atom. The molecule has 4 nitrogen and oxygen atoms in total. The molecule has 0 bridgehead atoms. The summed E-state index contributed by atoms with van der Waals surface area (Å²) in [5.74, 6) is -1.30. The number of carbonyl (C=O) groups is 2. The molecule has 0 fully saturated rings. The zero-order valence-corrected chi connectivity index (χ0v) is 17.0. The van der Waals surface area contributed by atoms with Crippen LogP contribution < -0.4 is 5.32 Å². The molecule has 0 radical (unpaired) electrons. The molecule has 2 aromatic rings. The first-order chi connectivity index (χ1) is 12.3. The third-order valence-corrected chi connectivity index (χ3v) is 6.10. The van der Waals surface area contributed by atoms with E-state index in [1.165, 1.54) is 31.0 Å². The Morgan fingerprint density at radius 3 is 2.42 bits per heavy atom. The molecule has 0 spiro atoms. The number of methoxy groups -OCH3 is 1. The van der Waals surface area contributed by atoms with Gasteiger partial charge in [0, 0.05) is 14.9 Å². The van der Waals surface area contributed by atoms with Crippen LogP contribution in [0.4, 0.5) is 10.1 Å². The van der Waals surface area contributed by atoms with Crippen LogP contribution in [0.3, 0.4) is 0 Å². The Morgan fingerprint density at radius 2 is 1.85 bits per heavy atom. The smallest absolute Gasteiger partial charge is 0.319 e. The molecule has 1 atom stereocenters. The van der Waals surface area contributed by atoms with E-state index in [0.29, 0.717) is 14.9 Å². The molecule has 0 saturated carbocycles. The summed E-state index contributed by atoms with van der Waals surface area (Å²) < 4.78 is 19.6. The number of ether oxygens (including phenoxy) is 1. The predicted octanol–water partition coefficient (Wildman–Crippen LogP) is 5.13. The highest BCUT2D eigenvalue weighted by Crippen LogP contribution is 2.37. The zero-order chi connectivity index (χ0) is 19.3. The maximum Gasteiger partial charge on any atom is 0.319 e. The molecule has 0 heterocycles. The Labute approximate surface area is 164 Å². The lowest BCUT2D eigenvalue weighted by atomic mass is 10.1. The van der Waals surface area contributed by atoms with Crippen LogP contribution in [0.25, 0.3) is 0 Å². The Balaban J connectivity index is 2.28. The van der Waals surface area contributed by atoms with Crippen molar-refractivity contribution in [3.63, 3.8) is 0 Å². The van der Waals surface area contributed by atoms with Crippen molar-refractivity contribution < 1.29 is 18.7 Å². The number of hydrogen-bond donors (Lipinski definition) is 1. The van der Waals surface area contributed by atoms with Gasteiger partial charge in [0.05, 0.1) is 12.8 Å². The average Bonchev–Trinajstić information content (AvgIpc) is 2.62. The van der Waals surface area contributed by atoms with E-state index in [1.807, 2.05) is 13.8 Å². The van der Waals surface area contributed by atoms with Crippen molar-refractivity contribution in [3.8, 4) is 0 Å². The van der Waals surface area contributed by atoms with Crippen molar-refractivity contribution in [2.24, 2.45) is 5.92 Å². The lowest BCUT2D eigenvalue weighted by molar-refractivity contribution is -0.140. The standard InChI is InChI=1S/C19H19BrFNO3S/c1-11(2)17(19(24)25-3)26-16-10-15(14(21)9-13(16)20)22-18(23)12-7-5-4-6-8-12/h4-11,17H,1-3H3,(H,22,23). The van der Waals surface area contributed by atoms with Gasteiger partial charge in [-0.15, -0.1) is 11.8 Å². The summed E-state index contributed by atoms with van der Waals surface area (Å²) in [5.41, 5.74) is 0.482. The topological polar surface area (TPSA) is 55.4 Å². The van der Waals surface area contributed by atoms with Crippen molar-refractivity contribution >= 4 is 45.3 Å². The number of esters is 1. The molecule has 7 heteroatoms. The van der Waals surface area contributed by atoms with Crippen molar-refractivity contribution in [3.05, 3.63) is 58.3 Å². The van der Waals surface area contributed by atoms with Gasteiger partial charge in [0.2, 0.25) is 0 Å². The van der Waals surface area contributed by atoms with Crippen LogP contribution in [-0.2, 0) is 9.53 Å². The third-order valence-electron chi connectivity index (χ3n) is 3.60. The SMILES string of the molecule is COC(=O)C(Sc1cc(NC(=O)c2ccccc2)c(F)cc1Br)C(C)C. The second kappa shape index (κ2) is 9.19. The van der Waals surface area contributed by atoms with Gasteiger partial charge >= 0.3 is 5.97 Å². The monoisotopic (exact) mass is 439 g/mol. The molecular formula is C19H19BrFNO3S. The van der Waals surface area contributed by atoms with Crippen molar-refractivity contribution in [1.29, 1.82) is 0 Å². The maximum absolute atomic E-state index is 14.3. The highest BCUT2D eigenvalue weighted by molar-refractivity contribution is 9.10. The third kappa shape index (κ3) is 5.08. The van der Waals surface area contributed by atoms with Gasteiger partial charge in [0.1, 0.15) is 11.1 Å². The van der Waals surface area contributed by atoms with E-state index in [4.69, 9.17) is 4.74 Å². The van der Waals surface area contributed by atoms with Gasteiger partial charge in [-0.05, 0) is 46.1 Å². The van der Waals surface area contributed by atoms with Gasteiger partial charge in [-0.25, -0.2) is 4.39 Å². The van der Waals surface area contributed by atoms with Gasteiger partial charge in [0.25, 0.3) is 5.91 Å². The highest BCUT2D eigenvalue weighted by Gasteiger charge is 2.26. The van der Waals surface area contributed by atoms with E-state index in [2.05, 4.69) is 21.2 Å². The summed E-state index contributed by atoms with van der Waals surface area (Å²) in [5, 5.41) is 2.13. The van der Waals surface area contributed by atoms with Crippen LogP contribution in [0.5, 0.6) is 0 Å². The molecule has 26 heavy (non-hydrogen) atoms. The first kappa shape index (κ1) is 20.5. The van der Waals surface area contributed by atoms with Crippen LogP contribution in [-0.4, -0.2) is 24.2 Å². The molecule has 0 aliphatic heterocycles. The van der Waals surface area contributed by atoms with Crippen LogP contribution in [0.15, 0.2) is 51.8 Å². The number of anilines is 1. The van der Waals surface area contributed by atoms with Gasteiger partial charge in [-0.1, -0.05) is 32.0 Å². The first-order valence-corrected chi connectivity index (χ1v) is 9.60. The number of carbonyl (C=O) groups excluding carboxylic acids is 2. The lowest BCUT2D eigenvalue weighted by Crippen LogP contribution is -2.24. The second-order valence-electron chi connectivity index (χ2n) is 5.89. The number of hydrogen-bond acceptors (Lipinski definition) is 4. The van der Waals surface area contributed by atoms with E-state index in [1.54, 1.807) is 30.3 Å². The molecule has 1 unspecified atom stereocenters. The molecule has 0 saturated heterocycles. The molecule has 0 aromatic heterocycles. The van der Waals surface area contributed by atoms with E-state index in [-0.39, 0.29) is 17.6 Å². The minimum Gasteiger partial charge on any atom is -0.468 e. The summed E-state index contributed by atoms with van der Waals surface area (Å²) >= 11 is 4.58. The molecule has 138 valence electrons. The predicted molar refractivity (Wildman–Crippen MR) is 105 cm³/mol. The van der Waals surface area contributed by atoms with Gasteiger partial charge in [-0.2, -0.15) is 0 Å². The minimum atomic E-state index is -0.565. The van der Waals surface area contributed by atoms with E-state index in [0.717, 1.165) is 0 Å². The van der Waals surface area contributed by atoms with E-state index in [9.17, 15) is 14.0 Å². The van der Waals surface area contributed by atoms with Crippen LogP contribution in [0.2, 0.25) is 0 Å². The number of nitrogens with one attached hydrogen (secondary N) is 1.